The minimum Gasteiger partial charge on any atom is -0.361 e. The number of hydrogen-bond acceptors (Lipinski definition) is 2. The number of likely N-dealkylation sites (N-methyl/N-ethyl adjacent to an activating group) is 1. The average molecular weight is 201 g/mol. The molecule has 3 heteroatoms. The van der Waals surface area contributed by atoms with Gasteiger partial charge in [0.15, 0.2) is 0 Å². The SMILES string of the molecule is CN[C@@H]([C]=O)Cc1c[nH]c2ccccc12. The second-order valence-corrected chi connectivity index (χ2v) is 3.52. The first kappa shape index (κ1) is 9.93. The van der Waals surface area contributed by atoms with Crippen molar-refractivity contribution in [1.29, 1.82) is 0 Å². The molecule has 0 saturated carbocycles. The van der Waals surface area contributed by atoms with E-state index < -0.39 is 0 Å². The predicted molar refractivity (Wildman–Crippen MR) is 60.5 cm³/mol. The molecule has 0 bridgehead atoms. The standard InChI is InChI=1S/C12H13N2O/c1-13-10(8-15)6-9-7-14-12-5-3-2-4-11(9)12/h2-5,7,10,13-14H,6H2,1H3/t10-/m1/s1. The third-order valence-corrected chi connectivity index (χ3v) is 2.59. The molecule has 1 heterocycles. The van der Waals surface area contributed by atoms with Crippen molar-refractivity contribution in [2.24, 2.45) is 0 Å². The van der Waals surface area contributed by atoms with E-state index in [0.29, 0.717) is 6.42 Å². The van der Waals surface area contributed by atoms with Crippen LogP contribution >= 0.6 is 0 Å². The summed E-state index contributed by atoms with van der Waals surface area (Å²) in [4.78, 5) is 13.8. The number of benzene rings is 1. The van der Waals surface area contributed by atoms with E-state index in [1.807, 2.05) is 30.7 Å². The maximum Gasteiger partial charge on any atom is 0.217 e. The van der Waals surface area contributed by atoms with Gasteiger partial charge in [0.2, 0.25) is 6.29 Å². The molecule has 0 fully saturated rings. The Morgan fingerprint density at radius 1 is 1.47 bits per heavy atom. The molecule has 0 aliphatic heterocycles. The van der Waals surface area contributed by atoms with Crippen LogP contribution in [0.3, 0.4) is 0 Å². The van der Waals surface area contributed by atoms with Crippen molar-refractivity contribution in [2.75, 3.05) is 7.05 Å². The fraction of sp³-hybridized carbons (Fsp3) is 0.250. The van der Waals surface area contributed by atoms with Gasteiger partial charge in [0, 0.05) is 17.1 Å². The summed E-state index contributed by atoms with van der Waals surface area (Å²) in [6, 6.07) is 7.84. The lowest BCUT2D eigenvalue weighted by molar-refractivity contribution is 0.526. The smallest absolute Gasteiger partial charge is 0.217 e. The molecule has 0 amide bonds. The number of para-hydroxylation sites is 1. The van der Waals surface area contributed by atoms with Gasteiger partial charge in [-0.15, -0.1) is 0 Å². The Morgan fingerprint density at radius 3 is 3.00 bits per heavy atom. The number of aromatic amines is 1. The summed E-state index contributed by atoms with van der Waals surface area (Å²) in [5.74, 6) is 0. The van der Waals surface area contributed by atoms with Gasteiger partial charge in [-0.05, 0) is 25.1 Å². The fourth-order valence-electron chi connectivity index (χ4n) is 1.72. The van der Waals surface area contributed by atoms with Gasteiger partial charge in [-0.25, -0.2) is 0 Å². The van der Waals surface area contributed by atoms with Crippen LogP contribution in [0.4, 0.5) is 0 Å². The molecule has 2 N–H and O–H groups in total. The number of H-pyrrole nitrogens is 1. The normalized spacial score (nSPS) is 12.9. The zero-order valence-corrected chi connectivity index (χ0v) is 8.58. The van der Waals surface area contributed by atoms with Crippen LogP contribution < -0.4 is 5.32 Å². The van der Waals surface area contributed by atoms with E-state index in [-0.39, 0.29) is 6.04 Å². The van der Waals surface area contributed by atoms with Gasteiger partial charge < -0.3 is 10.3 Å². The molecule has 0 saturated heterocycles. The summed E-state index contributed by atoms with van der Waals surface area (Å²) in [5.41, 5.74) is 2.25. The lowest BCUT2D eigenvalue weighted by atomic mass is 10.1. The Bertz CT molecular complexity index is 461. The number of nitrogens with one attached hydrogen (secondary N) is 2. The second kappa shape index (κ2) is 4.28. The minimum atomic E-state index is -0.232. The van der Waals surface area contributed by atoms with Gasteiger partial charge in [0.1, 0.15) is 0 Å². The van der Waals surface area contributed by atoms with Crippen molar-refractivity contribution < 1.29 is 4.79 Å². The Labute approximate surface area is 88.5 Å². The Hall–Kier alpha value is -1.61. The van der Waals surface area contributed by atoms with Gasteiger partial charge in [0.25, 0.3) is 0 Å². The van der Waals surface area contributed by atoms with E-state index in [9.17, 15) is 4.79 Å². The molecule has 0 unspecified atom stereocenters. The molecule has 0 aliphatic carbocycles. The highest BCUT2D eigenvalue weighted by Crippen LogP contribution is 2.18. The lowest BCUT2D eigenvalue weighted by Gasteiger charge is -2.06. The molecule has 2 aromatic rings. The molecule has 3 nitrogen and oxygen atoms in total. The molecule has 0 aliphatic rings. The van der Waals surface area contributed by atoms with Crippen LogP contribution in [-0.2, 0) is 11.2 Å². The minimum absolute atomic E-state index is 0.232. The third-order valence-electron chi connectivity index (χ3n) is 2.59. The van der Waals surface area contributed by atoms with E-state index in [1.54, 1.807) is 7.05 Å². The van der Waals surface area contributed by atoms with Crippen LogP contribution in [0.1, 0.15) is 5.56 Å². The molecule has 2 rings (SSSR count). The Kier molecular flexibility index (Phi) is 2.83. The van der Waals surface area contributed by atoms with Crippen molar-refractivity contribution >= 4 is 17.2 Å². The van der Waals surface area contributed by atoms with Gasteiger partial charge in [-0.2, -0.15) is 0 Å². The summed E-state index contributed by atoms with van der Waals surface area (Å²) in [6.45, 7) is 0. The number of rotatable bonds is 4. The van der Waals surface area contributed by atoms with Crippen molar-refractivity contribution in [3.05, 3.63) is 36.0 Å². The summed E-state index contributed by atoms with van der Waals surface area (Å²) < 4.78 is 0. The zero-order chi connectivity index (χ0) is 10.7. The van der Waals surface area contributed by atoms with Gasteiger partial charge >= 0.3 is 0 Å². The number of fused-ring (bicyclic) bond motifs is 1. The Morgan fingerprint density at radius 2 is 2.27 bits per heavy atom. The topological polar surface area (TPSA) is 44.9 Å². The van der Waals surface area contributed by atoms with Crippen molar-refractivity contribution in [2.45, 2.75) is 12.5 Å². The highest BCUT2D eigenvalue weighted by Gasteiger charge is 2.09. The summed E-state index contributed by atoms with van der Waals surface area (Å²) in [5, 5.41) is 4.09. The highest BCUT2D eigenvalue weighted by molar-refractivity contribution is 5.83. The third kappa shape index (κ3) is 1.92. The molecule has 77 valence electrons. The molecule has 0 spiro atoms. The molecular formula is C12H13N2O. The quantitative estimate of drug-likeness (QED) is 0.785. The first-order valence-corrected chi connectivity index (χ1v) is 4.95. The summed E-state index contributed by atoms with van der Waals surface area (Å²) >= 11 is 0. The predicted octanol–water partition coefficient (Wildman–Crippen LogP) is 1.41. The largest absolute Gasteiger partial charge is 0.361 e. The van der Waals surface area contributed by atoms with Crippen molar-refractivity contribution in [3.8, 4) is 0 Å². The van der Waals surface area contributed by atoms with Gasteiger partial charge in [0.05, 0.1) is 6.04 Å². The summed E-state index contributed by atoms with van der Waals surface area (Å²) in [6.07, 6.45) is 4.60. The van der Waals surface area contributed by atoms with Gasteiger partial charge in [-0.1, -0.05) is 18.2 Å². The van der Waals surface area contributed by atoms with E-state index in [2.05, 4.69) is 16.4 Å². The molecule has 15 heavy (non-hydrogen) atoms. The van der Waals surface area contributed by atoms with Crippen LogP contribution in [0.15, 0.2) is 30.5 Å². The Balaban J connectivity index is 2.32. The first-order chi connectivity index (χ1) is 7.35. The van der Waals surface area contributed by atoms with Crippen molar-refractivity contribution in [1.82, 2.24) is 10.3 Å². The van der Waals surface area contributed by atoms with Gasteiger partial charge in [-0.3, -0.25) is 4.79 Å². The lowest BCUT2D eigenvalue weighted by Crippen LogP contribution is -2.28. The van der Waals surface area contributed by atoms with Crippen molar-refractivity contribution in [3.63, 3.8) is 0 Å². The molecule has 1 aromatic heterocycles. The maximum absolute atomic E-state index is 10.6. The zero-order valence-electron chi connectivity index (χ0n) is 8.58. The van der Waals surface area contributed by atoms with E-state index in [4.69, 9.17) is 0 Å². The number of aromatic nitrogens is 1. The fourth-order valence-corrected chi connectivity index (χ4v) is 1.72. The average Bonchev–Trinajstić information content (AvgIpc) is 2.69. The van der Waals surface area contributed by atoms with Crippen LogP contribution in [0.2, 0.25) is 0 Å². The van der Waals surface area contributed by atoms with E-state index in [1.165, 1.54) is 5.39 Å². The monoisotopic (exact) mass is 201 g/mol. The highest BCUT2D eigenvalue weighted by atomic mass is 16.1. The first-order valence-electron chi connectivity index (χ1n) is 4.95. The maximum atomic E-state index is 10.6. The molecule has 1 atom stereocenters. The number of carbonyl (C=O) groups excluding carboxylic acids is 1. The number of hydrogen-bond donors (Lipinski definition) is 2. The van der Waals surface area contributed by atoms with Crippen LogP contribution in [0.25, 0.3) is 10.9 Å². The van der Waals surface area contributed by atoms with Crippen LogP contribution in [0.5, 0.6) is 0 Å². The summed E-state index contributed by atoms with van der Waals surface area (Å²) in [7, 11) is 1.77. The molecular weight excluding hydrogens is 188 g/mol. The molecule has 1 aromatic carbocycles. The second-order valence-electron chi connectivity index (χ2n) is 3.52. The van der Waals surface area contributed by atoms with E-state index in [0.717, 1.165) is 11.1 Å². The van der Waals surface area contributed by atoms with Crippen LogP contribution in [-0.4, -0.2) is 24.4 Å². The van der Waals surface area contributed by atoms with E-state index >= 15 is 0 Å². The van der Waals surface area contributed by atoms with Crippen LogP contribution in [0, 0.1) is 0 Å². The molecule has 1 radical (unpaired) electrons.